The summed E-state index contributed by atoms with van der Waals surface area (Å²) in [7, 11) is -4.11. The van der Waals surface area contributed by atoms with E-state index in [2.05, 4.69) is 4.72 Å². The van der Waals surface area contributed by atoms with Gasteiger partial charge in [-0.25, -0.2) is 13.1 Å². The van der Waals surface area contributed by atoms with E-state index in [9.17, 15) is 18.5 Å². The molecule has 130 valence electrons. The first kappa shape index (κ1) is 19.4. The summed E-state index contributed by atoms with van der Waals surface area (Å²) in [4.78, 5) is 9.89. The van der Waals surface area contributed by atoms with Crippen LogP contribution in [0.3, 0.4) is 0 Å². The highest BCUT2D eigenvalue weighted by Crippen LogP contribution is 2.38. The summed E-state index contributed by atoms with van der Waals surface area (Å²) >= 11 is 0. The molecule has 3 N–H and O–H groups in total. The first-order valence-electron chi connectivity index (χ1n) is 6.47. The number of nitrogens with one attached hydrogen (secondary N) is 1. The highest BCUT2D eigenvalue weighted by atomic mass is 35.5. The van der Waals surface area contributed by atoms with Gasteiger partial charge in [0.25, 0.3) is 5.69 Å². The van der Waals surface area contributed by atoms with Gasteiger partial charge in [-0.15, -0.1) is 12.4 Å². The third-order valence-electron chi connectivity index (χ3n) is 2.83. The van der Waals surface area contributed by atoms with Gasteiger partial charge in [0.05, 0.1) is 11.0 Å². The molecule has 0 unspecified atom stereocenters. The van der Waals surface area contributed by atoms with Gasteiger partial charge in [0.1, 0.15) is 13.2 Å². The summed E-state index contributed by atoms with van der Waals surface area (Å²) < 4.78 is 37.4. The maximum atomic E-state index is 12.3. The van der Waals surface area contributed by atoms with Gasteiger partial charge in [0, 0.05) is 18.2 Å². The summed E-state index contributed by atoms with van der Waals surface area (Å²) in [5.74, 6) is 0.306. The van der Waals surface area contributed by atoms with Crippen LogP contribution in [-0.4, -0.2) is 38.6 Å². The van der Waals surface area contributed by atoms with E-state index in [0.717, 1.165) is 12.1 Å². The van der Waals surface area contributed by atoms with E-state index in [-0.39, 0.29) is 43.7 Å². The average molecular weight is 368 g/mol. The zero-order valence-corrected chi connectivity index (χ0v) is 14.2. The largest absolute Gasteiger partial charge is 0.486 e. The number of halogens is 1. The van der Waals surface area contributed by atoms with Crippen molar-refractivity contribution in [3.63, 3.8) is 0 Å². The summed E-state index contributed by atoms with van der Waals surface area (Å²) in [5, 5.41) is 11.1. The Bertz CT molecular complexity index is 701. The highest BCUT2D eigenvalue weighted by molar-refractivity contribution is 7.89. The lowest BCUT2D eigenvalue weighted by molar-refractivity contribution is -0.388. The number of rotatable bonds is 5. The Hall–Kier alpha value is -1.62. The van der Waals surface area contributed by atoms with Crippen molar-refractivity contribution in [2.45, 2.75) is 24.3 Å². The van der Waals surface area contributed by atoms with Crippen molar-refractivity contribution in [1.82, 2.24) is 4.72 Å². The summed E-state index contributed by atoms with van der Waals surface area (Å²) in [6, 6.07) is 2.15. The number of nitrogens with two attached hydrogens (primary N) is 1. The Balaban J connectivity index is 0.00000264. The molecule has 1 aromatic rings. The molecule has 0 fully saturated rings. The molecule has 1 aliphatic rings. The van der Waals surface area contributed by atoms with Gasteiger partial charge in [0.2, 0.25) is 10.0 Å². The zero-order valence-electron chi connectivity index (χ0n) is 12.6. The normalized spacial score (nSPS) is 14.0. The van der Waals surface area contributed by atoms with Crippen molar-refractivity contribution >= 4 is 28.1 Å². The molecule has 1 aromatic carbocycles. The van der Waals surface area contributed by atoms with Gasteiger partial charge in [-0.05, 0) is 13.8 Å². The standard InChI is InChI=1S/C12H17N3O6S.ClH/c1-12(2,13)7-14-22(18,19)11-6-10-9(20-3-4-21-10)5-8(11)15(16)17;/h5-6,14H,3-4,7,13H2,1-2H3;1H. The number of sulfonamides is 1. The topological polar surface area (TPSA) is 134 Å². The number of nitro benzene ring substituents is 1. The number of nitro groups is 1. The second kappa shape index (κ2) is 6.87. The summed E-state index contributed by atoms with van der Waals surface area (Å²) in [6.07, 6.45) is 0. The molecule has 0 bridgehead atoms. The van der Waals surface area contributed by atoms with E-state index in [1.165, 1.54) is 0 Å². The fourth-order valence-corrected chi connectivity index (χ4v) is 3.16. The lowest BCUT2D eigenvalue weighted by Crippen LogP contribution is -2.45. The number of ether oxygens (including phenoxy) is 2. The number of hydrogen-bond donors (Lipinski definition) is 2. The predicted molar refractivity (Wildman–Crippen MR) is 84.8 cm³/mol. The average Bonchev–Trinajstić information content (AvgIpc) is 2.43. The van der Waals surface area contributed by atoms with Crippen LogP contribution in [0.4, 0.5) is 5.69 Å². The van der Waals surface area contributed by atoms with Gasteiger partial charge >= 0.3 is 0 Å². The number of nitrogens with zero attached hydrogens (tertiary/aromatic N) is 1. The molecule has 11 heteroatoms. The molecular formula is C12H18ClN3O6S. The number of hydrogen-bond acceptors (Lipinski definition) is 7. The fraction of sp³-hybridized carbons (Fsp3) is 0.500. The molecule has 1 aliphatic heterocycles. The second-order valence-corrected chi connectivity index (χ2v) is 7.27. The van der Waals surface area contributed by atoms with Crippen molar-refractivity contribution in [3.05, 3.63) is 22.2 Å². The van der Waals surface area contributed by atoms with Gasteiger partial charge in [-0.2, -0.15) is 0 Å². The fourth-order valence-electron chi connectivity index (χ4n) is 1.78. The van der Waals surface area contributed by atoms with Gasteiger partial charge in [0.15, 0.2) is 16.4 Å². The molecular weight excluding hydrogens is 350 g/mol. The van der Waals surface area contributed by atoms with E-state index in [1.54, 1.807) is 13.8 Å². The zero-order chi connectivity index (χ0) is 16.5. The van der Waals surface area contributed by atoms with Gasteiger partial charge < -0.3 is 15.2 Å². The van der Waals surface area contributed by atoms with Crippen molar-refractivity contribution in [1.29, 1.82) is 0 Å². The Morgan fingerprint density at radius 1 is 1.30 bits per heavy atom. The molecule has 1 heterocycles. The first-order chi connectivity index (χ1) is 10.1. The third-order valence-corrected chi connectivity index (χ3v) is 4.26. The van der Waals surface area contributed by atoms with E-state index < -0.39 is 31.1 Å². The maximum Gasteiger partial charge on any atom is 0.293 e. The Morgan fingerprint density at radius 2 is 1.83 bits per heavy atom. The van der Waals surface area contributed by atoms with E-state index in [1.807, 2.05) is 0 Å². The van der Waals surface area contributed by atoms with Crippen LogP contribution in [0.25, 0.3) is 0 Å². The quantitative estimate of drug-likeness (QED) is 0.580. The van der Waals surface area contributed by atoms with Gasteiger partial charge in [-0.3, -0.25) is 10.1 Å². The molecule has 2 rings (SSSR count). The minimum absolute atomic E-state index is 0. The van der Waals surface area contributed by atoms with Crippen LogP contribution in [0.2, 0.25) is 0 Å². The molecule has 0 saturated heterocycles. The lowest BCUT2D eigenvalue weighted by atomic mass is 10.1. The number of fused-ring (bicyclic) bond motifs is 1. The Labute approximate surface area is 139 Å². The molecule has 0 saturated carbocycles. The molecule has 0 atom stereocenters. The minimum Gasteiger partial charge on any atom is -0.486 e. The van der Waals surface area contributed by atoms with Crippen LogP contribution in [0.1, 0.15) is 13.8 Å². The van der Waals surface area contributed by atoms with E-state index in [4.69, 9.17) is 15.2 Å². The molecule has 23 heavy (non-hydrogen) atoms. The van der Waals surface area contributed by atoms with E-state index in [0.29, 0.717) is 0 Å². The van der Waals surface area contributed by atoms with Crippen LogP contribution >= 0.6 is 12.4 Å². The smallest absolute Gasteiger partial charge is 0.293 e. The SMILES string of the molecule is CC(C)(N)CNS(=O)(=O)c1cc2c(cc1[N+](=O)[O-])OCCO2.Cl. The molecule has 9 nitrogen and oxygen atoms in total. The summed E-state index contributed by atoms with van der Waals surface area (Å²) in [5.41, 5.74) is 4.35. The molecule has 0 aliphatic carbocycles. The van der Waals surface area contributed by atoms with Gasteiger partial charge in [-0.1, -0.05) is 0 Å². The van der Waals surface area contributed by atoms with Crippen LogP contribution in [0, 0.1) is 10.1 Å². The van der Waals surface area contributed by atoms with Crippen molar-refractivity contribution in [3.8, 4) is 11.5 Å². The third kappa shape index (κ3) is 4.67. The Morgan fingerprint density at radius 3 is 2.30 bits per heavy atom. The van der Waals surface area contributed by atoms with E-state index >= 15 is 0 Å². The second-order valence-electron chi connectivity index (χ2n) is 5.53. The maximum absolute atomic E-state index is 12.3. The van der Waals surface area contributed by atoms with Crippen molar-refractivity contribution in [2.75, 3.05) is 19.8 Å². The van der Waals surface area contributed by atoms with Crippen LogP contribution in [0.5, 0.6) is 11.5 Å². The van der Waals surface area contributed by atoms with Crippen molar-refractivity contribution < 1.29 is 22.8 Å². The van der Waals surface area contributed by atoms with Crippen LogP contribution in [-0.2, 0) is 10.0 Å². The Kier molecular flexibility index (Phi) is 5.80. The minimum atomic E-state index is -4.11. The molecule has 0 amide bonds. The lowest BCUT2D eigenvalue weighted by Gasteiger charge is -2.21. The monoisotopic (exact) mass is 367 g/mol. The van der Waals surface area contributed by atoms with Crippen molar-refractivity contribution in [2.24, 2.45) is 5.73 Å². The van der Waals surface area contributed by atoms with Crippen LogP contribution < -0.4 is 19.9 Å². The molecule has 0 aromatic heterocycles. The molecule has 0 spiro atoms. The summed E-state index contributed by atoms with van der Waals surface area (Å²) in [6.45, 7) is 3.69. The highest BCUT2D eigenvalue weighted by Gasteiger charge is 2.31. The predicted octanol–water partition coefficient (Wildman–Crippen LogP) is 0.803. The molecule has 0 radical (unpaired) electrons. The number of benzene rings is 1. The first-order valence-corrected chi connectivity index (χ1v) is 7.95. The van der Waals surface area contributed by atoms with Crippen LogP contribution in [0.15, 0.2) is 17.0 Å².